The highest BCUT2D eigenvalue weighted by molar-refractivity contribution is 5.14. The highest BCUT2D eigenvalue weighted by atomic mass is 16.3. The Hall–Kier alpha value is -0.800. The Balaban J connectivity index is 2.38. The summed E-state index contributed by atoms with van der Waals surface area (Å²) in [6.45, 7) is 5.50. The van der Waals surface area contributed by atoms with Gasteiger partial charge in [-0.2, -0.15) is 0 Å². The standard InChI is InChI=1S/C9H16N2O/c1-7-3-4-12-9(7)6-11-8(2)5-10/h3-4,8,11H,5-6,10H2,1-2H3/t8-/m1/s1. The van der Waals surface area contributed by atoms with Crippen LogP contribution in [0.4, 0.5) is 0 Å². The van der Waals surface area contributed by atoms with Crippen LogP contribution in [0.5, 0.6) is 0 Å². The van der Waals surface area contributed by atoms with E-state index in [1.165, 1.54) is 5.56 Å². The minimum atomic E-state index is 0.342. The van der Waals surface area contributed by atoms with E-state index in [2.05, 4.69) is 12.2 Å². The van der Waals surface area contributed by atoms with Gasteiger partial charge in [-0.1, -0.05) is 0 Å². The maximum atomic E-state index is 5.46. The third-order valence-corrected chi connectivity index (χ3v) is 1.93. The minimum Gasteiger partial charge on any atom is -0.468 e. The second-order valence-electron chi connectivity index (χ2n) is 3.04. The fourth-order valence-corrected chi connectivity index (χ4v) is 0.935. The Bertz CT molecular complexity index is 232. The van der Waals surface area contributed by atoms with Crippen molar-refractivity contribution in [3.05, 3.63) is 23.7 Å². The van der Waals surface area contributed by atoms with Crippen molar-refractivity contribution in [2.45, 2.75) is 26.4 Å². The molecular formula is C9H16N2O. The first-order valence-corrected chi connectivity index (χ1v) is 4.20. The van der Waals surface area contributed by atoms with Crippen LogP contribution in [0, 0.1) is 6.92 Å². The summed E-state index contributed by atoms with van der Waals surface area (Å²) in [7, 11) is 0. The van der Waals surface area contributed by atoms with Crippen molar-refractivity contribution >= 4 is 0 Å². The summed E-state index contributed by atoms with van der Waals surface area (Å²) in [6.07, 6.45) is 1.71. The van der Waals surface area contributed by atoms with Crippen molar-refractivity contribution in [3.63, 3.8) is 0 Å². The molecule has 0 saturated heterocycles. The lowest BCUT2D eigenvalue weighted by molar-refractivity contribution is 0.455. The van der Waals surface area contributed by atoms with E-state index in [1.54, 1.807) is 6.26 Å². The molecule has 0 spiro atoms. The first-order valence-electron chi connectivity index (χ1n) is 4.20. The predicted octanol–water partition coefficient (Wildman–Crippen LogP) is 1.02. The second-order valence-corrected chi connectivity index (χ2v) is 3.04. The monoisotopic (exact) mass is 168 g/mol. The van der Waals surface area contributed by atoms with Gasteiger partial charge in [0, 0.05) is 12.6 Å². The van der Waals surface area contributed by atoms with Crippen molar-refractivity contribution in [1.82, 2.24) is 5.32 Å². The average molecular weight is 168 g/mol. The van der Waals surface area contributed by atoms with Gasteiger partial charge in [0.25, 0.3) is 0 Å². The molecule has 1 atom stereocenters. The van der Waals surface area contributed by atoms with Gasteiger partial charge in [-0.15, -0.1) is 0 Å². The van der Waals surface area contributed by atoms with Crippen LogP contribution in [0.3, 0.4) is 0 Å². The maximum absolute atomic E-state index is 5.46. The molecule has 3 nitrogen and oxygen atoms in total. The summed E-state index contributed by atoms with van der Waals surface area (Å²) < 4.78 is 5.26. The molecule has 1 rings (SSSR count). The molecule has 0 bridgehead atoms. The van der Waals surface area contributed by atoms with Gasteiger partial charge in [0.2, 0.25) is 0 Å². The van der Waals surface area contributed by atoms with Crippen LogP contribution in [0.2, 0.25) is 0 Å². The lowest BCUT2D eigenvalue weighted by Crippen LogP contribution is -2.32. The number of aryl methyl sites for hydroxylation is 1. The summed E-state index contributed by atoms with van der Waals surface area (Å²) in [5, 5.41) is 3.26. The molecule has 0 saturated carbocycles. The van der Waals surface area contributed by atoms with Crippen LogP contribution in [-0.4, -0.2) is 12.6 Å². The van der Waals surface area contributed by atoms with Gasteiger partial charge in [0.1, 0.15) is 5.76 Å². The average Bonchev–Trinajstić information content (AvgIpc) is 2.47. The normalized spacial score (nSPS) is 13.2. The second kappa shape index (κ2) is 4.28. The SMILES string of the molecule is Cc1ccoc1CN[C@H](C)CN. The number of furan rings is 1. The zero-order valence-electron chi connectivity index (χ0n) is 7.63. The molecule has 12 heavy (non-hydrogen) atoms. The molecule has 0 amide bonds. The van der Waals surface area contributed by atoms with Crippen molar-refractivity contribution in [2.24, 2.45) is 5.73 Å². The zero-order valence-corrected chi connectivity index (χ0v) is 7.63. The molecule has 1 aromatic heterocycles. The van der Waals surface area contributed by atoms with Gasteiger partial charge in [-0.05, 0) is 25.5 Å². The van der Waals surface area contributed by atoms with Crippen LogP contribution < -0.4 is 11.1 Å². The first-order chi connectivity index (χ1) is 5.74. The van der Waals surface area contributed by atoms with Crippen molar-refractivity contribution in [2.75, 3.05) is 6.54 Å². The predicted molar refractivity (Wildman–Crippen MR) is 48.8 cm³/mol. The van der Waals surface area contributed by atoms with Crippen LogP contribution in [0.1, 0.15) is 18.2 Å². The van der Waals surface area contributed by atoms with Gasteiger partial charge >= 0.3 is 0 Å². The van der Waals surface area contributed by atoms with Crippen LogP contribution >= 0.6 is 0 Å². The molecule has 0 aliphatic carbocycles. The zero-order chi connectivity index (χ0) is 8.97. The topological polar surface area (TPSA) is 51.2 Å². The Morgan fingerprint density at radius 3 is 2.92 bits per heavy atom. The number of nitrogens with two attached hydrogens (primary N) is 1. The van der Waals surface area contributed by atoms with Crippen molar-refractivity contribution < 1.29 is 4.42 Å². The van der Waals surface area contributed by atoms with E-state index in [4.69, 9.17) is 10.2 Å². The molecule has 0 aromatic carbocycles. The maximum Gasteiger partial charge on any atom is 0.120 e. The largest absolute Gasteiger partial charge is 0.468 e. The third kappa shape index (κ3) is 2.36. The number of hydrogen-bond acceptors (Lipinski definition) is 3. The van der Waals surface area contributed by atoms with Gasteiger partial charge < -0.3 is 15.5 Å². The quantitative estimate of drug-likeness (QED) is 0.706. The van der Waals surface area contributed by atoms with Crippen LogP contribution in [-0.2, 0) is 6.54 Å². The number of rotatable bonds is 4. The molecule has 3 heteroatoms. The van der Waals surface area contributed by atoms with E-state index in [0.717, 1.165) is 12.3 Å². The Kier molecular flexibility index (Phi) is 3.31. The molecule has 0 aliphatic rings. The minimum absolute atomic E-state index is 0.342. The molecule has 0 aliphatic heterocycles. The van der Waals surface area contributed by atoms with Crippen LogP contribution in [0.25, 0.3) is 0 Å². The van der Waals surface area contributed by atoms with Gasteiger partial charge in [-0.25, -0.2) is 0 Å². The van der Waals surface area contributed by atoms with E-state index < -0.39 is 0 Å². The molecule has 68 valence electrons. The molecule has 0 fully saturated rings. The summed E-state index contributed by atoms with van der Waals surface area (Å²) in [5.74, 6) is 0.996. The third-order valence-electron chi connectivity index (χ3n) is 1.93. The fourth-order valence-electron chi connectivity index (χ4n) is 0.935. The summed E-state index contributed by atoms with van der Waals surface area (Å²) in [6, 6.07) is 2.30. The highest BCUT2D eigenvalue weighted by Gasteiger charge is 2.02. The van der Waals surface area contributed by atoms with E-state index >= 15 is 0 Å². The van der Waals surface area contributed by atoms with Gasteiger partial charge in [-0.3, -0.25) is 0 Å². The van der Waals surface area contributed by atoms with E-state index in [1.807, 2.05) is 13.0 Å². The summed E-state index contributed by atoms with van der Waals surface area (Å²) in [5.41, 5.74) is 6.64. The summed E-state index contributed by atoms with van der Waals surface area (Å²) in [4.78, 5) is 0. The Labute approximate surface area is 72.9 Å². The van der Waals surface area contributed by atoms with Crippen molar-refractivity contribution in [3.8, 4) is 0 Å². The lowest BCUT2D eigenvalue weighted by atomic mass is 10.2. The molecule has 3 N–H and O–H groups in total. The fraction of sp³-hybridized carbons (Fsp3) is 0.556. The first kappa shape index (κ1) is 9.29. The number of nitrogens with one attached hydrogen (secondary N) is 1. The van der Waals surface area contributed by atoms with Gasteiger partial charge in [0.05, 0.1) is 12.8 Å². The Morgan fingerprint density at radius 2 is 2.42 bits per heavy atom. The molecular weight excluding hydrogens is 152 g/mol. The van der Waals surface area contributed by atoms with E-state index in [0.29, 0.717) is 12.6 Å². The van der Waals surface area contributed by atoms with Crippen LogP contribution in [0.15, 0.2) is 16.7 Å². The smallest absolute Gasteiger partial charge is 0.120 e. The van der Waals surface area contributed by atoms with E-state index in [9.17, 15) is 0 Å². The van der Waals surface area contributed by atoms with Gasteiger partial charge in [0.15, 0.2) is 0 Å². The van der Waals surface area contributed by atoms with Crippen molar-refractivity contribution in [1.29, 1.82) is 0 Å². The molecule has 0 radical (unpaired) electrons. The molecule has 1 heterocycles. The molecule has 1 aromatic rings. The van der Waals surface area contributed by atoms with E-state index in [-0.39, 0.29) is 0 Å². The Morgan fingerprint density at radius 1 is 1.67 bits per heavy atom. The highest BCUT2D eigenvalue weighted by Crippen LogP contribution is 2.07. The molecule has 0 unspecified atom stereocenters. The summed E-state index contributed by atoms with van der Waals surface area (Å²) >= 11 is 0. The number of hydrogen-bond donors (Lipinski definition) is 2. The lowest BCUT2D eigenvalue weighted by Gasteiger charge is -2.09.